The molecule has 2 aliphatic rings. The van der Waals surface area contributed by atoms with E-state index in [1.807, 2.05) is 6.92 Å². The summed E-state index contributed by atoms with van der Waals surface area (Å²) in [4.78, 5) is 24.7. The summed E-state index contributed by atoms with van der Waals surface area (Å²) in [6.07, 6.45) is 0.760. The molecule has 2 rings (SSSR count). The lowest BCUT2D eigenvalue weighted by Crippen LogP contribution is -2.55. The van der Waals surface area contributed by atoms with Gasteiger partial charge in [0.1, 0.15) is 5.92 Å². The number of nitrogens with one attached hydrogen (secondary N) is 1. The lowest BCUT2D eigenvalue weighted by Gasteiger charge is -2.31. The predicted molar refractivity (Wildman–Crippen MR) is 65.9 cm³/mol. The largest absolute Gasteiger partial charge is 0.481 e. The number of rotatable bonds is 3. The van der Waals surface area contributed by atoms with Crippen molar-refractivity contribution in [2.75, 3.05) is 33.5 Å². The zero-order valence-corrected chi connectivity index (χ0v) is 11.2. The highest BCUT2D eigenvalue weighted by Crippen LogP contribution is 2.21. The number of carbonyl (C=O) groups is 2. The maximum absolute atomic E-state index is 12.2. The Hall–Kier alpha value is -1.34. The van der Waals surface area contributed by atoms with Gasteiger partial charge in [-0.25, -0.2) is 4.79 Å². The minimum absolute atomic E-state index is 0.151. The third-order valence-corrected chi connectivity index (χ3v) is 3.81. The topological polar surface area (TPSA) is 88.1 Å². The van der Waals surface area contributed by atoms with Crippen LogP contribution in [0, 0.1) is 5.92 Å². The fourth-order valence-electron chi connectivity index (χ4n) is 2.42. The lowest BCUT2D eigenvalue weighted by molar-refractivity contribution is -0.142. The first-order chi connectivity index (χ1) is 8.93. The second-order valence-corrected chi connectivity index (χ2v) is 5.45. The zero-order chi connectivity index (χ0) is 14.0. The smallest absolute Gasteiger partial charge is 0.317 e. The quantitative estimate of drug-likeness (QED) is 0.749. The van der Waals surface area contributed by atoms with Crippen molar-refractivity contribution in [3.63, 3.8) is 0 Å². The van der Waals surface area contributed by atoms with Gasteiger partial charge < -0.3 is 24.8 Å². The molecule has 0 aliphatic carbocycles. The molecule has 0 bridgehead atoms. The van der Waals surface area contributed by atoms with E-state index in [1.165, 1.54) is 4.90 Å². The average Bonchev–Trinajstić information content (AvgIpc) is 2.96. The van der Waals surface area contributed by atoms with Gasteiger partial charge in [0.2, 0.25) is 0 Å². The molecule has 108 valence electrons. The molecule has 2 fully saturated rings. The number of ether oxygens (including phenoxy) is 2. The lowest BCUT2D eigenvalue weighted by atomic mass is 10.0. The summed E-state index contributed by atoms with van der Waals surface area (Å²) < 4.78 is 10.4. The maximum atomic E-state index is 12.2. The van der Waals surface area contributed by atoms with E-state index in [2.05, 4.69) is 5.32 Å². The Morgan fingerprint density at radius 1 is 1.37 bits per heavy atom. The van der Waals surface area contributed by atoms with Crippen molar-refractivity contribution in [3.8, 4) is 0 Å². The Kier molecular flexibility index (Phi) is 3.96. The number of hydrogen-bond donors (Lipinski definition) is 2. The molecule has 0 aromatic rings. The Bertz CT molecular complexity index is 367. The van der Waals surface area contributed by atoms with Crippen LogP contribution in [0.3, 0.4) is 0 Å². The third-order valence-electron chi connectivity index (χ3n) is 3.81. The van der Waals surface area contributed by atoms with E-state index >= 15 is 0 Å². The second kappa shape index (κ2) is 5.34. The van der Waals surface area contributed by atoms with Crippen LogP contribution in [0.4, 0.5) is 4.79 Å². The van der Waals surface area contributed by atoms with Crippen LogP contribution in [0.25, 0.3) is 0 Å². The van der Waals surface area contributed by atoms with Gasteiger partial charge in [-0.1, -0.05) is 0 Å². The minimum Gasteiger partial charge on any atom is -0.481 e. The monoisotopic (exact) mass is 272 g/mol. The Labute approximate surface area is 111 Å². The van der Waals surface area contributed by atoms with E-state index in [0.29, 0.717) is 13.2 Å². The number of amides is 2. The van der Waals surface area contributed by atoms with Crippen molar-refractivity contribution < 1.29 is 24.2 Å². The van der Waals surface area contributed by atoms with Crippen molar-refractivity contribution in [2.45, 2.75) is 24.9 Å². The Morgan fingerprint density at radius 2 is 2.11 bits per heavy atom. The molecule has 2 heterocycles. The van der Waals surface area contributed by atoms with E-state index in [0.717, 1.165) is 6.42 Å². The van der Waals surface area contributed by atoms with Gasteiger partial charge in [-0.3, -0.25) is 4.79 Å². The van der Waals surface area contributed by atoms with E-state index in [1.54, 1.807) is 7.05 Å². The van der Waals surface area contributed by atoms with Crippen molar-refractivity contribution in [2.24, 2.45) is 5.92 Å². The third kappa shape index (κ3) is 2.98. The summed E-state index contributed by atoms with van der Waals surface area (Å²) in [5, 5.41) is 12.0. The number of urea groups is 1. The molecule has 0 aromatic heterocycles. The van der Waals surface area contributed by atoms with Crippen LogP contribution < -0.4 is 5.32 Å². The van der Waals surface area contributed by atoms with Crippen LogP contribution in [-0.4, -0.2) is 67.1 Å². The van der Waals surface area contributed by atoms with Crippen molar-refractivity contribution in [1.29, 1.82) is 0 Å². The van der Waals surface area contributed by atoms with E-state index in [4.69, 9.17) is 14.6 Å². The molecule has 2 N–H and O–H groups in total. The molecule has 3 unspecified atom stereocenters. The summed E-state index contributed by atoms with van der Waals surface area (Å²) in [6.45, 7) is 3.44. The number of likely N-dealkylation sites (N-methyl/N-ethyl adjacent to an activating group) is 1. The maximum Gasteiger partial charge on any atom is 0.317 e. The molecule has 7 nitrogen and oxygen atoms in total. The van der Waals surface area contributed by atoms with Crippen LogP contribution in [0.2, 0.25) is 0 Å². The minimum atomic E-state index is -0.933. The van der Waals surface area contributed by atoms with Crippen molar-refractivity contribution in [1.82, 2.24) is 10.2 Å². The number of aliphatic carboxylic acids is 1. The SMILES string of the molecule is CN(C(=O)NC1(C)CCOC1)C1COCC1C(=O)O. The molecule has 2 saturated heterocycles. The van der Waals surface area contributed by atoms with Crippen LogP contribution in [0.15, 0.2) is 0 Å². The highest BCUT2D eigenvalue weighted by Gasteiger charge is 2.40. The predicted octanol–water partition coefficient (Wildman–Crippen LogP) is -0.0936. The molecular weight excluding hydrogens is 252 g/mol. The number of carboxylic acids is 1. The van der Waals surface area contributed by atoms with Crippen molar-refractivity contribution >= 4 is 12.0 Å². The number of nitrogens with zero attached hydrogens (tertiary/aromatic N) is 1. The molecular formula is C12H20N2O5. The summed E-state index contributed by atoms with van der Waals surface area (Å²) in [5.41, 5.74) is -0.372. The van der Waals surface area contributed by atoms with Crippen LogP contribution in [-0.2, 0) is 14.3 Å². The van der Waals surface area contributed by atoms with Gasteiger partial charge in [-0.15, -0.1) is 0 Å². The normalized spacial score (nSPS) is 34.2. The summed E-state index contributed by atoms with van der Waals surface area (Å²) >= 11 is 0. The Balaban J connectivity index is 1.96. The molecule has 0 spiro atoms. The zero-order valence-electron chi connectivity index (χ0n) is 11.2. The fourth-order valence-corrected chi connectivity index (χ4v) is 2.42. The van der Waals surface area contributed by atoms with E-state index < -0.39 is 17.9 Å². The van der Waals surface area contributed by atoms with Crippen molar-refractivity contribution in [3.05, 3.63) is 0 Å². The number of carbonyl (C=O) groups excluding carboxylic acids is 1. The highest BCUT2D eigenvalue weighted by molar-refractivity contribution is 5.77. The Morgan fingerprint density at radius 3 is 2.68 bits per heavy atom. The molecule has 2 amide bonds. The van der Waals surface area contributed by atoms with Gasteiger partial charge in [0.05, 0.1) is 31.4 Å². The van der Waals surface area contributed by atoms with Gasteiger partial charge >= 0.3 is 12.0 Å². The van der Waals surface area contributed by atoms with Gasteiger partial charge in [0.15, 0.2) is 0 Å². The molecule has 3 atom stereocenters. The molecule has 0 aromatic carbocycles. The average molecular weight is 272 g/mol. The van der Waals surface area contributed by atoms with E-state index in [-0.39, 0.29) is 24.8 Å². The first kappa shape index (κ1) is 14.1. The van der Waals surface area contributed by atoms with Crippen LogP contribution >= 0.6 is 0 Å². The molecule has 0 radical (unpaired) electrons. The molecule has 2 aliphatic heterocycles. The first-order valence-corrected chi connectivity index (χ1v) is 6.36. The van der Waals surface area contributed by atoms with E-state index in [9.17, 15) is 9.59 Å². The number of hydrogen-bond acceptors (Lipinski definition) is 4. The molecule has 7 heteroatoms. The highest BCUT2D eigenvalue weighted by atomic mass is 16.5. The fraction of sp³-hybridized carbons (Fsp3) is 0.833. The van der Waals surface area contributed by atoms with Crippen LogP contribution in [0.5, 0.6) is 0 Å². The second-order valence-electron chi connectivity index (χ2n) is 5.45. The first-order valence-electron chi connectivity index (χ1n) is 6.36. The summed E-state index contributed by atoms with van der Waals surface area (Å²) in [6, 6.07) is -0.710. The molecule has 0 saturated carbocycles. The number of carboxylic acid groups (broad SMARTS) is 1. The molecule has 19 heavy (non-hydrogen) atoms. The summed E-state index contributed by atoms with van der Waals surface area (Å²) in [7, 11) is 1.60. The van der Waals surface area contributed by atoms with Gasteiger partial charge in [0.25, 0.3) is 0 Å². The van der Waals surface area contributed by atoms with Gasteiger partial charge in [0, 0.05) is 13.7 Å². The van der Waals surface area contributed by atoms with Gasteiger partial charge in [-0.05, 0) is 13.3 Å². The van der Waals surface area contributed by atoms with Crippen LogP contribution in [0.1, 0.15) is 13.3 Å². The standard InChI is InChI=1S/C12H20N2O5/c1-12(3-4-18-7-12)13-11(17)14(2)9-6-19-5-8(9)10(15)16/h8-9H,3-7H2,1-2H3,(H,13,17)(H,15,16). The summed E-state index contributed by atoms with van der Waals surface area (Å²) in [5.74, 6) is -1.60. The van der Waals surface area contributed by atoms with Gasteiger partial charge in [-0.2, -0.15) is 0 Å².